The Morgan fingerprint density at radius 2 is 1.16 bits per heavy atom. The van der Waals surface area contributed by atoms with Crippen LogP contribution in [0.4, 0.5) is 0 Å². The summed E-state index contributed by atoms with van der Waals surface area (Å²) in [5.41, 5.74) is 2.45. The lowest BCUT2D eigenvalue weighted by atomic mass is 10.1. The molecule has 31 heavy (non-hydrogen) atoms. The average molecular weight is 433 g/mol. The predicted octanol–water partition coefficient (Wildman–Crippen LogP) is 8.94. The summed E-state index contributed by atoms with van der Waals surface area (Å²) >= 11 is 0. The number of hydrogen-bond donors (Lipinski definition) is 0. The first kappa shape index (κ1) is 21.8. The van der Waals surface area contributed by atoms with E-state index < -0.39 is 7.53 Å². The molecule has 0 bridgehead atoms. The number of rotatable bonds is 9. The molecule has 0 aliphatic rings. The first-order valence-electron chi connectivity index (χ1n) is 11.5. The maximum absolute atomic E-state index is 6.17. The molecule has 1 heterocycles. The van der Waals surface area contributed by atoms with Gasteiger partial charge < -0.3 is 9.47 Å². The van der Waals surface area contributed by atoms with Gasteiger partial charge in [-0.2, -0.15) is 0 Å². The summed E-state index contributed by atoms with van der Waals surface area (Å²) in [4.78, 5) is 0. The van der Waals surface area contributed by atoms with E-state index >= 15 is 0 Å². The molecule has 0 spiro atoms. The van der Waals surface area contributed by atoms with E-state index in [1.165, 1.54) is 37.4 Å². The zero-order valence-corrected chi connectivity index (χ0v) is 20.1. The molecule has 4 rings (SSSR count). The summed E-state index contributed by atoms with van der Waals surface area (Å²) in [6.45, 7) is 10.3. The summed E-state index contributed by atoms with van der Waals surface area (Å²) < 4.78 is 12.3. The first-order valence-corrected chi connectivity index (χ1v) is 12.9. The zero-order chi connectivity index (χ0) is 21.8. The van der Waals surface area contributed by atoms with Crippen LogP contribution < -0.4 is 9.47 Å². The average Bonchev–Trinajstić information content (AvgIpc) is 3.06. The third-order valence-corrected chi connectivity index (χ3v) is 8.40. The molecule has 0 aliphatic carbocycles. The van der Waals surface area contributed by atoms with Crippen LogP contribution in [0, 0.1) is 13.8 Å². The van der Waals surface area contributed by atoms with Gasteiger partial charge in [0, 0.05) is 10.2 Å². The van der Waals surface area contributed by atoms with E-state index in [4.69, 9.17) is 9.47 Å². The fourth-order valence-corrected chi connectivity index (χ4v) is 6.88. The molecule has 2 nitrogen and oxygen atoms in total. The van der Waals surface area contributed by atoms with Crippen molar-refractivity contribution in [1.82, 2.24) is 0 Å². The highest BCUT2D eigenvalue weighted by molar-refractivity contribution is 7.67. The number of unbranched alkanes of at least 4 members (excludes halogenated alkanes) is 2. The maximum Gasteiger partial charge on any atom is 0.122 e. The van der Waals surface area contributed by atoms with Crippen molar-refractivity contribution in [3.63, 3.8) is 0 Å². The molecule has 3 heteroatoms. The van der Waals surface area contributed by atoms with Crippen molar-refractivity contribution in [2.24, 2.45) is 0 Å². The van der Waals surface area contributed by atoms with Crippen molar-refractivity contribution in [3.05, 3.63) is 65.7 Å². The van der Waals surface area contributed by atoms with E-state index in [9.17, 15) is 0 Å². The van der Waals surface area contributed by atoms with Crippen LogP contribution in [0.3, 0.4) is 0 Å². The Kier molecular flexibility index (Phi) is 6.88. The van der Waals surface area contributed by atoms with Crippen LogP contribution >= 0.6 is 7.53 Å². The van der Waals surface area contributed by atoms with E-state index in [0.717, 1.165) is 50.4 Å². The summed E-state index contributed by atoms with van der Waals surface area (Å²) in [7, 11) is -0.572. The molecule has 0 saturated carbocycles. The molecule has 3 aromatic carbocycles. The van der Waals surface area contributed by atoms with Crippen LogP contribution in [-0.4, -0.2) is 13.2 Å². The van der Waals surface area contributed by atoms with E-state index in [1.807, 2.05) is 0 Å². The first-order chi connectivity index (χ1) is 15.1. The fraction of sp³-hybridized carbons (Fsp3) is 0.357. The van der Waals surface area contributed by atoms with Gasteiger partial charge in [-0.05, 0) is 78.2 Å². The lowest BCUT2D eigenvalue weighted by Gasteiger charge is -2.10. The van der Waals surface area contributed by atoms with Crippen LogP contribution in [0.25, 0.3) is 26.3 Å². The highest BCUT2D eigenvalue weighted by Crippen LogP contribution is 2.56. The highest BCUT2D eigenvalue weighted by Gasteiger charge is 2.18. The van der Waals surface area contributed by atoms with Gasteiger partial charge in [0.15, 0.2) is 0 Å². The van der Waals surface area contributed by atoms with E-state index in [2.05, 4.69) is 82.3 Å². The molecule has 0 unspecified atom stereocenters. The van der Waals surface area contributed by atoms with E-state index in [-0.39, 0.29) is 0 Å². The lowest BCUT2D eigenvalue weighted by Crippen LogP contribution is -1.98. The summed E-state index contributed by atoms with van der Waals surface area (Å²) in [5.74, 6) is 2.02. The Labute approximate surface area is 187 Å². The molecular formula is C28H33O2P. The molecule has 4 aromatic rings. The van der Waals surface area contributed by atoms with Gasteiger partial charge in [0.25, 0.3) is 0 Å². The molecule has 0 radical (unpaired) electrons. The van der Waals surface area contributed by atoms with Crippen molar-refractivity contribution in [2.45, 2.75) is 53.4 Å². The van der Waals surface area contributed by atoms with Gasteiger partial charge in [0.1, 0.15) is 11.5 Å². The van der Waals surface area contributed by atoms with Crippen molar-refractivity contribution < 1.29 is 9.47 Å². The molecule has 1 aromatic heterocycles. The Hall–Kier alpha value is -2.44. The van der Waals surface area contributed by atoms with Gasteiger partial charge in [0.05, 0.1) is 13.2 Å². The van der Waals surface area contributed by atoms with Crippen LogP contribution in [-0.2, 0) is 0 Å². The minimum atomic E-state index is -0.572. The van der Waals surface area contributed by atoms with E-state index in [0.29, 0.717) is 0 Å². The Bertz CT molecular complexity index is 1100. The minimum absolute atomic E-state index is 0.572. The van der Waals surface area contributed by atoms with Crippen LogP contribution in [0.2, 0.25) is 0 Å². The molecule has 0 atom stereocenters. The predicted molar refractivity (Wildman–Crippen MR) is 136 cm³/mol. The monoisotopic (exact) mass is 432 g/mol. The molecule has 0 saturated heterocycles. The molecule has 162 valence electrons. The SMILES string of the molecule is CCCCOc1cc2c3cc(OCCCC)c(C)cc3p(-c3ccccc3)c2cc1C. The number of aryl methyl sites for hydroxylation is 2. The normalized spacial score (nSPS) is 11.4. The van der Waals surface area contributed by atoms with Gasteiger partial charge in [0.2, 0.25) is 0 Å². The van der Waals surface area contributed by atoms with Crippen molar-refractivity contribution in [1.29, 1.82) is 0 Å². The van der Waals surface area contributed by atoms with Crippen LogP contribution in [0.1, 0.15) is 50.7 Å². The Morgan fingerprint density at radius 1 is 0.677 bits per heavy atom. The zero-order valence-electron chi connectivity index (χ0n) is 19.2. The minimum Gasteiger partial charge on any atom is -0.493 e. The number of ether oxygens (including phenoxy) is 2. The van der Waals surface area contributed by atoms with Crippen molar-refractivity contribution in [2.75, 3.05) is 13.2 Å². The molecular weight excluding hydrogens is 399 g/mol. The maximum atomic E-state index is 6.17. The fourth-order valence-electron chi connectivity index (χ4n) is 4.10. The molecule has 0 N–H and O–H groups in total. The Morgan fingerprint density at radius 3 is 1.61 bits per heavy atom. The van der Waals surface area contributed by atoms with Crippen molar-refractivity contribution >= 4 is 28.5 Å². The quantitative estimate of drug-likeness (QED) is 0.246. The van der Waals surface area contributed by atoms with Gasteiger partial charge in [-0.15, -0.1) is 0 Å². The van der Waals surface area contributed by atoms with Gasteiger partial charge in [-0.3, -0.25) is 0 Å². The highest BCUT2D eigenvalue weighted by atomic mass is 31.1. The largest absolute Gasteiger partial charge is 0.493 e. The third kappa shape index (κ3) is 4.46. The summed E-state index contributed by atoms with van der Waals surface area (Å²) in [5, 5.41) is 6.88. The second kappa shape index (κ2) is 9.79. The third-order valence-electron chi connectivity index (χ3n) is 5.88. The molecule has 0 aliphatic heterocycles. The topological polar surface area (TPSA) is 18.5 Å². The second-order valence-corrected chi connectivity index (χ2v) is 10.5. The van der Waals surface area contributed by atoms with E-state index in [1.54, 1.807) is 0 Å². The number of hydrogen-bond acceptors (Lipinski definition) is 2. The standard InChI is InChI=1S/C28H33O2P/c1-5-7-14-29-25-18-23-24-19-26(30-15-8-6-2)21(4)17-28(24)31(27(23)16-20(25)3)22-12-10-9-11-13-22/h9-13,16-19H,5-8,14-15H2,1-4H3. The van der Waals surface area contributed by atoms with Crippen molar-refractivity contribution in [3.8, 4) is 16.8 Å². The number of benzene rings is 3. The summed E-state index contributed by atoms with van der Waals surface area (Å²) in [6, 6.07) is 20.2. The number of fused-ring (bicyclic) bond motifs is 3. The van der Waals surface area contributed by atoms with Gasteiger partial charge in [-0.25, -0.2) is 0 Å². The van der Waals surface area contributed by atoms with Gasteiger partial charge in [-0.1, -0.05) is 64.6 Å². The Balaban J connectivity index is 1.93. The smallest absolute Gasteiger partial charge is 0.122 e. The summed E-state index contributed by atoms with van der Waals surface area (Å²) in [6.07, 6.45) is 4.45. The second-order valence-electron chi connectivity index (χ2n) is 8.34. The lowest BCUT2D eigenvalue weighted by molar-refractivity contribution is 0.307. The van der Waals surface area contributed by atoms with Crippen LogP contribution in [0.5, 0.6) is 11.5 Å². The van der Waals surface area contributed by atoms with Gasteiger partial charge >= 0.3 is 0 Å². The molecule has 0 amide bonds. The van der Waals surface area contributed by atoms with Crippen LogP contribution in [0.15, 0.2) is 54.6 Å². The molecule has 0 fully saturated rings.